The second-order valence-electron chi connectivity index (χ2n) is 6.41. The van der Waals surface area contributed by atoms with Crippen LogP contribution in [0.15, 0.2) is 12.7 Å². The summed E-state index contributed by atoms with van der Waals surface area (Å²) in [5, 5.41) is 0. The van der Waals surface area contributed by atoms with E-state index in [1.807, 2.05) is 6.08 Å². The number of carbonyl (C=O) groups excluding carboxylic acids is 1. The van der Waals surface area contributed by atoms with E-state index >= 15 is 0 Å². The zero-order valence-corrected chi connectivity index (χ0v) is 11.7. The summed E-state index contributed by atoms with van der Waals surface area (Å²) in [6, 6.07) is 0. The first-order valence-corrected chi connectivity index (χ1v) is 6.59. The summed E-state index contributed by atoms with van der Waals surface area (Å²) in [6.45, 7) is 12.2. The van der Waals surface area contributed by atoms with E-state index in [-0.39, 0.29) is 11.6 Å². The highest BCUT2D eigenvalue weighted by Gasteiger charge is 2.40. The lowest BCUT2D eigenvalue weighted by atomic mass is 9.67. The van der Waals surface area contributed by atoms with Crippen molar-refractivity contribution in [3.05, 3.63) is 12.7 Å². The van der Waals surface area contributed by atoms with E-state index < -0.39 is 0 Å². The summed E-state index contributed by atoms with van der Waals surface area (Å²) in [6.07, 6.45) is 6.89. The molecule has 0 radical (unpaired) electrons. The lowest BCUT2D eigenvalue weighted by Gasteiger charge is -2.43. The predicted octanol–water partition coefficient (Wildman–Crippen LogP) is 4.10. The minimum Gasteiger partial charge on any atom is -0.459 e. The highest BCUT2D eigenvalue weighted by atomic mass is 16.6. The molecule has 17 heavy (non-hydrogen) atoms. The van der Waals surface area contributed by atoms with E-state index in [1.165, 1.54) is 6.92 Å². The maximum atomic E-state index is 11.2. The number of rotatable bonds is 3. The van der Waals surface area contributed by atoms with Crippen LogP contribution < -0.4 is 0 Å². The Morgan fingerprint density at radius 2 is 1.94 bits per heavy atom. The molecule has 2 heteroatoms. The third kappa shape index (κ3) is 3.86. The molecule has 0 aromatic carbocycles. The molecule has 0 N–H and O–H groups in total. The molecule has 0 aliphatic heterocycles. The van der Waals surface area contributed by atoms with Crippen LogP contribution in [-0.2, 0) is 9.53 Å². The van der Waals surface area contributed by atoms with Crippen molar-refractivity contribution in [3.63, 3.8) is 0 Å². The number of esters is 1. The summed E-state index contributed by atoms with van der Waals surface area (Å²) in [5.41, 5.74) is 0.0892. The summed E-state index contributed by atoms with van der Waals surface area (Å²) in [7, 11) is 0. The standard InChI is InChI=1S/C15H26O2/c1-6-9-15(17-12(2)16)10-7-13(8-11-15)14(3,4)5/h6,13H,1,7-11H2,2-5H3. The second-order valence-corrected chi connectivity index (χ2v) is 6.41. The second kappa shape index (κ2) is 5.24. The summed E-state index contributed by atoms with van der Waals surface area (Å²) >= 11 is 0. The summed E-state index contributed by atoms with van der Waals surface area (Å²) in [5.74, 6) is 0.567. The van der Waals surface area contributed by atoms with Gasteiger partial charge >= 0.3 is 5.97 Å². The minimum absolute atomic E-state index is 0.166. The van der Waals surface area contributed by atoms with Gasteiger partial charge in [0.2, 0.25) is 0 Å². The topological polar surface area (TPSA) is 26.3 Å². The van der Waals surface area contributed by atoms with E-state index in [0.29, 0.717) is 5.41 Å². The van der Waals surface area contributed by atoms with E-state index in [2.05, 4.69) is 27.4 Å². The van der Waals surface area contributed by atoms with Gasteiger partial charge < -0.3 is 4.74 Å². The van der Waals surface area contributed by atoms with Crippen LogP contribution in [0.3, 0.4) is 0 Å². The molecule has 1 fully saturated rings. The van der Waals surface area contributed by atoms with Crippen molar-refractivity contribution in [2.24, 2.45) is 11.3 Å². The number of hydrogen-bond donors (Lipinski definition) is 0. The Bertz CT molecular complexity index is 278. The summed E-state index contributed by atoms with van der Waals surface area (Å²) in [4.78, 5) is 11.2. The smallest absolute Gasteiger partial charge is 0.303 e. The quantitative estimate of drug-likeness (QED) is 0.546. The van der Waals surface area contributed by atoms with Crippen LogP contribution in [0, 0.1) is 11.3 Å². The van der Waals surface area contributed by atoms with Crippen LogP contribution in [-0.4, -0.2) is 11.6 Å². The molecule has 0 heterocycles. The molecule has 0 bridgehead atoms. The van der Waals surface area contributed by atoms with Gasteiger partial charge in [-0.05, 0) is 37.0 Å². The predicted molar refractivity (Wildman–Crippen MR) is 70.7 cm³/mol. The van der Waals surface area contributed by atoms with Crippen molar-refractivity contribution in [1.29, 1.82) is 0 Å². The third-order valence-electron chi connectivity index (χ3n) is 4.00. The highest BCUT2D eigenvalue weighted by molar-refractivity contribution is 5.66. The summed E-state index contributed by atoms with van der Waals surface area (Å²) < 4.78 is 5.57. The Morgan fingerprint density at radius 3 is 2.29 bits per heavy atom. The fraction of sp³-hybridized carbons (Fsp3) is 0.800. The Kier molecular flexibility index (Phi) is 4.40. The van der Waals surface area contributed by atoms with Gasteiger partial charge in [-0.15, -0.1) is 6.58 Å². The van der Waals surface area contributed by atoms with Crippen LogP contribution in [0.1, 0.15) is 59.8 Å². The van der Waals surface area contributed by atoms with Gasteiger partial charge in [-0.1, -0.05) is 26.8 Å². The van der Waals surface area contributed by atoms with Gasteiger partial charge in [0.1, 0.15) is 5.60 Å². The first-order chi connectivity index (χ1) is 7.79. The molecule has 98 valence electrons. The number of carbonyl (C=O) groups is 1. The normalized spacial score (nSPS) is 29.8. The molecule has 0 spiro atoms. The maximum absolute atomic E-state index is 11.2. The Hall–Kier alpha value is -0.790. The molecule has 1 aliphatic rings. The van der Waals surface area contributed by atoms with Crippen molar-refractivity contribution >= 4 is 5.97 Å². The van der Waals surface area contributed by atoms with Crippen molar-refractivity contribution in [2.75, 3.05) is 0 Å². The molecule has 1 aliphatic carbocycles. The van der Waals surface area contributed by atoms with Crippen LogP contribution >= 0.6 is 0 Å². The molecule has 0 saturated heterocycles. The van der Waals surface area contributed by atoms with E-state index in [1.54, 1.807) is 0 Å². The van der Waals surface area contributed by atoms with Gasteiger partial charge in [0.15, 0.2) is 0 Å². The third-order valence-corrected chi connectivity index (χ3v) is 4.00. The van der Waals surface area contributed by atoms with Crippen LogP contribution in [0.2, 0.25) is 0 Å². The molecular formula is C15H26O2. The zero-order valence-electron chi connectivity index (χ0n) is 11.7. The molecular weight excluding hydrogens is 212 g/mol. The maximum Gasteiger partial charge on any atom is 0.303 e. The minimum atomic E-state index is -0.269. The SMILES string of the molecule is C=CCC1(OC(C)=O)CCC(C(C)(C)C)CC1. The van der Waals surface area contributed by atoms with Crippen molar-refractivity contribution in [2.45, 2.75) is 65.4 Å². The van der Waals surface area contributed by atoms with Crippen LogP contribution in [0.4, 0.5) is 0 Å². The molecule has 1 rings (SSSR count). The van der Waals surface area contributed by atoms with E-state index in [9.17, 15) is 4.79 Å². The monoisotopic (exact) mass is 238 g/mol. The molecule has 1 saturated carbocycles. The van der Waals surface area contributed by atoms with E-state index in [4.69, 9.17) is 4.74 Å². The van der Waals surface area contributed by atoms with E-state index in [0.717, 1.165) is 38.0 Å². The van der Waals surface area contributed by atoms with Gasteiger partial charge in [0, 0.05) is 13.3 Å². The van der Waals surface area contributed by atoms with Crippen molar-refractivity contribution in [3.8, 4) is 0 Å². The van der Waals surface area contributed by atoms with Crippen LogP contribution in [0.5, 0.6) is 0 Å². The first-order valence-electron chi connectivity index (χ1n) is 6.59. The molecule has 0 unspecified atom stereocenters. The lowest BCUT2D eigenvalue weighted by Crippen LogP contribution is -2.40. The van der Waals surface area contributed by atoms with Gasteiger partial charge in [-0.3, -0.25) is 4.79 Å². The molecule has 0 aromatic heterocycles. The Morgan fingerprint density at radius 1 is 1.41 bits per heavy atom. The van der Waals surface area contributed by atoms with Crippen molar-refractivity contribution < 1.29 is 9.53 Å². The number of ether oxygens (including phenoxy) is 1. The lowest BCUT2D eigenvalue weighted by molar-refractivity contribution is -0.162. The molecule has 0 amide bonds. The molecule has 0 aromatic rings. The van der Waals surface area contributed by atoms with Gasteiger partial charge in [-0.2, -0.15) is 0 Å². The fourth-order valence-corrected chi connectivity index (χ4v) is 2.93. The molecule has 2 nitrogen and oxygen atoms in total. The average molecular weight is 238 g/mol. The van der Waals surface area contributed by atoms with Gasteiger partial charge in [0.25, 0.3) is 0 Å². The highest BCUT2D eigenvalue weighted by Crippen LogP contribution is 2.44. The molecule has 0 atom stereocenters. The Labute approximate surface area is 105 Å². The van der Waals surface area contributed by atoms with Crippen LogP contribution in [0.25, 0.3) is 0 Å². The largest absolute Gasteiger partial charge is 0.459 e. The van der Waals surface area contributed by atoms with Gasteiger partial charge in [-0.25, -0.2) is 0 Å². The zero-order chi connectivity index (χ0) is 13.1. The Balaban J connectivity index is 2.67. The van der Waals surface area contributed by atoms with Crippen molar-refractivity contribution in [1.82, 2.24) is 0 Å². The fourth-order valence-electron chi connectivity index (χ4n) is 2.93. The first kappa shape index (κ1) is 14.3. The number of hydrogen-bond acceptors (Lipinski definition) is 2. The van der Waals surface area contributed by atoms with Gasteiger partial charge in [0.05, 0.1) is 0 Å². The average Bonchev–Trinajstić information content (AvgIpc) is 2.15.